The Morgan fingerprint density at radius 2 is 1.34 bits per heavy atom. The highest BCUT2D eigenvalue weighted by atomic mass is 32.2. The first kappa shape index (κ1) is 40.4. The van der Waals surface area contributed by atoms with E-state index in [1.54, 1.807) is 12.1 Å². The molecule has 0 bridgehead atoms. The molecule has 15 heteroatoms. The van der Waals surface area contributed by atoms with Crippen LogP contribution in [0.4, 0.5) is 32.0 Å². The third-order valence-electron chi connectivity index (χ3n) is 7.38. The quantitative estimate of drug-likeness (QED) is 0.0267. The number of nitrogens with one attached hydrogen (secondary N) is 2. The number of halogens is 6. The molecule has 3 rings (SSSR count). The Morgan fingerprint density at radius 3 is 1.92 bits per heavy atom. The van der Waals surface area contributed by atoms with Gasteiger partial charge in [-0.1, -0.05) is 18.6 Å². The second-order valence-electron chi connectivity index (χ2n) is 11.7. The van der Waals surface area contributed by atoms with Crippen molar-refractivity contribution in [1.82, 2.24) is 0 Å². The van der Waals surface area contributed by atoms with Gasteiger partial charge in [0.05, 0.1) is 17.0 Å². The Kier molecular flexibility index (Phi) is 15.2. The number of Topliss-reactive ketones (excluding diaryl/α,β-unsaturated/α-hetero) is 2. The van der Waals surface area contributed by atoms with Crippen LogP contribution in [0.15, 0.2) is 59.5 Å². The Morgan fingerprint density at radius 1 is 0.740 bits per heavy atom. The van der Waals surface area contributed by atoms with Crippen LogP contribution in [-0.4, -0.2) is 42.8 Å². The van der Waals surface area contributed by atoms with Gasteiger partial charge >= 0.3 is 12.4 Å². The zero-order valence-corrected chi connectivity index (χ0v) is 28.1. The van der Waals surface area contributed by atoms with E-state index in [0.29, 0.717) is 41.9 Å². The van der Waals surface area contributed by atoms with Gasteiger partial charge in [-0.3, -0.25) is 15.0 Å². The molecule has 0 heterocycles. The fourth-order valence-electron chi connectivity index (χ4n) is 5.10. The van der Waals surface area contributed by atoms with Gasteiger partial charge in [-0.2, -0.15) is 26.3 Å². The number of nitrogens with two attached hydrogens (primary N) is 3. The number of unbranched alkanes of at least 4 members (excludes halogenated alkanes) is 2. The van der Waals surface area contributed by atoms with E-state index in [1.807, 2.05) is 0 Å². The summed E-state index contributed by atoms with van der Waals surface area (Å²) < 4.78 is 87.9. The van der Waals surface area contributed by atoms with Crippen molar-refractivity contribution in [2.45, 2.75) is 68.6 Å². The summed E-state index contributed by atoms with van der Waals surface area (Å²) in [5.74, 6) is -0.0842. The van der Waals surface area contributed by atoms with Crippen molar-refractivity contribution in [2.24, 2.45) is 17.2 Å². The van der Waals surface area contributed by atoms with Crippen LogP contribution < -0.4 is 27.3 Å². The first-order valence-electron chi connectivity index (χ1n) is 15.9. The molecule has 0 spiro atoms. The summed E-state index contributed by atoms with van der Waals surface area (Å²) in [5, 5.41) is 10.1. The second kappa shape index (κ2) is 18.8. The highest BCUT2D eigenvalue weighted by molar-refractivity contribution is 7.99. The minimum Gasteiger partial charge on any atom is -0.457 e. The van der Waals surface area contributed by atoms with E-state index in [2.05, 4.69) is 5.32 Å². The normalized spacial score (nSPS) is 11.8. The molecule has 3 aromatic rings. The lowest BCUT2D eigenvalue weighted by Gasteiger charge is -2.18. The van der Waals surface area contributed by atoms with Crippen LogP contribution in [-0.2, 0) is 41.2 Å². The summed E-state index contributed by atoms with van der Waals surface area (Å²) in [6.45, 7) is 0.684. The van der Waals surface area contributed by atoms with Gasteiger partial charge in [-0.25, -0.2) is 0 Å². The summed E-state index contributed by atoms with van der Waals surface area (Å²) in [5.41, 5.74) is 15.6. The molecule has 0 amide bonds. The third kappa shape index (κ3) is 13.3. The molecule has 50 heavy (non-hydrogen) atoms. The van der Waals surface area contributed by atoms with Crippen LogP contribution in [0.2, 0.25) is 0 Å². The van der Waals surface area contributed by atoms with E-state index >= 15 is 0 Å². The van der Waals surface area contributed by atoms with Crippen LogP contribution >= 0.6 is 11.8 Å². The lowest BCUT2D eigenvalue weighted by molar-refractivity contribution is -0.138. The number of rotatable bonds is 20. The molecule has 8 N–H and O–H groups in total. The van der Waals surface area contributed by atoms with E-state index in [9.17, 15) is 35.9 Å². The van der Waals surface area contributed by atoms with Crippen molar-refractivity contribution < 1.29 is 40.7 Å². The van der Waals surface area contributed by atoms with Crippen molar-refractivity contribution in [2.75, 3.05) is 30.7 Å². The Bertz CT molecular complexity index is 1610. The number of carbonyl (C=O) groups is 2. The molecule has 0 aromatic heterocycles. The molecule has 0 atom stereocenters. The number of hydrogen-bond donors (Lipinski definition) is 5. The summed E-state index contributed by atoms with van der Waals surface area (Å²) in [6.07, 6.45) is -7.66. The Hall–Kier alpha value is -4.08. The number of ether oxygens (including phenoxy) is 1. The molecular formula is C35H41F6N5O3S. The maximum absolute atomic E-state index is 14.0. The van der Waals surface area contributed by atoms with Gasteiger partial charge in [0.25, 0.3) is 0 Å². The summed E-state index contributed by atoms with van der Waals surface area (Å²) >= 11 is 1.20. The Balaban J connectivity index is 1.77. The molecule has 8 nitrogen and oxygen atoms in total. The zero-order valence-electron chi connectivity index (χ0n) is 27.3. The van der Waals surface area contributed by atoms with E-state index in [-0.39, 0.29) is 91.0 Å². The fourth-order valence-corrected chi connectivity index (χ4v) is 6.05. The predicted octanol–water partition coefficient (Wildman–Crippen LogP) is 7.29. The molecular weight excluding hydrogens is 684 g/mol. The number of amidine groups is 1. The third-order valence-corrected chi connectivity index (χ3v) is 8.63. The lowest BCUT2D eigenvalue weighted by atomic mass is 9.95. The number of alkyl halides is 6. The first-order chi connectivity index (χ1) is 23.6. The maximum atomic E-state index is 14.0. The van der Waals surface area contributed by atoms with Gasteiger partial charge in [0, 0.05) is 74.1 Å². The molecule has 0 fully saturated rings. The minimum atomic E-state index is -4.71. The molecule has 0 aliphatic rings. The molecule has 0 unspecified atom stereocenters. The molecule has 0 saturated carbocycles. The standard InChI is InChI=1S/C35H41F6N5O3S/c36-34(37,38)25-15-23(17-28(47)4-2-1-3-5-32(44)45)33(50-13-11-43)24(16-25)18-29(48)14-22-6-8-30(9-7-22)49-31-20-26(35(39,40)41)19-27(21-31)46-12-10-42/h6-9,15-16,19-21,46H,1-5,10-14,17-18,42-43H2,(H3,44,45). The van der Waals surface area contributed by atoms with Crippen LogP contribution in [0.25, 0.3) is 0 Å². The van der Waals surface area contributed by atoms with Crippen molar-refractivity contribution in [1.29, 1.82) is 5.41 Å². The monoisotopic (exact) mass is 725 g/mol. The Labute approximate surface area is 291 Å². The molecule has 0 radical (unpaired) electrons. The summed E-state index contributed by atoms with van der Waals surface area (Å²) in [4.78, 5) is 26.5. The highest BCUT2D eigenvalue weighted by Crippen LogP contribution is 2.38. The van der Waals surface area contributed by atoms with E-state index in [4.69, 9.17) is 27.3 Å². The molecule has 0 aliphatic carbocycles. The van der Waals surface area contributed by atoms with E-state index < -0.39 is 23.5 Å². The molecule has 272 valence electrons. The largest absolute Gasteiger partial charge is 0.457 e. The van der Waals surface area contributed by atoms with E-state index in [1.165, 1.54) is 30.0 Å². The fraction of sp³-hybridized carbons (Fsp3) is 0.400. The van der Waals surface area contributed by atoms with Gasteiger partial charge in [-0.05, 0) is 65.9 Å². The second-order valence-corrected chi connectivity index (χ2v) is 12.8. The number of thioether (sulfide) groups is 1. The SMILES string of the molecule is N=C(N)CCCCCC(=O)Cc1cc(C(F)(F)F)cc(CC(=O)Cc2ccc(Oc3cc(NCCN)cc(C(F)(F)F)c3)cc2)c1SCCN. The summed E-state index contributed by atoms with van der Waals surface area (Å²) in [7, 11) is 0. The van der Waals surface area contributed by atoms with Crippen LogP contribution in [0.3, 0.4) is 0 Å². The number of benzene rings is 3. The number of ketones is 2. The average Bonchev–Trinajstić information content (AvgIpc) is 3.03. The maximum Gasteiger partial charge on any atom is 0.416 e. The summed E-state index contributed by atoms with van der Waals surface area (Å²) in [6, 6.07) is 11.2. The van der Waals surface area contributed by atoms with Crippen molar-refractivity contribution in [3.8, 4) is 11.5 Å². The zero-order chi connectivity index (χ0) is 36.9. The van der Waals surface area contributed by atoms with E-state index in [0.717, 1.165) is 24.3 Å². The van der Waals surface area contributed by atoms with Gasteiger partial charge in [0.1, 0.15) is 23.1 Å². The first-order valence-corrected chi connectivity index (χ1v) is 16.9. The van der Waals surface area contributed by atoms with Gasteiger partial charge in [-0.15, -0.1) is 11.8 Å². The topological polar surface area (TPSA) is 157 Å². The lowest BCUT2D eigenvalue weighted by Crippen LogP contribution is -2.14. The van der Waals surface area contributed by atoms with Crippen LogP contribution in [0.5, 0.6) is 11.5 Å². The van der Waals surface area contributed by atoms with Crippen LogP contribution in [0.1, 0.15) is 59.9 Å². The minimum absolute atomic E-state index is 0.0508. The average molecular weight is 726 g/mol. The van der Waals surface area contributed by atoms with Gasteiger partial charge < -0.3 is 27.3 Å². The molecule has 3 aromatic carbocycles. The smallest absolute Gasteiger partial charge is 0.416 e. The van der Waals surface area contributed by atoms with Gasteiger partial charge in [0.15, 0.2) is 0 Å². The highest BCUT2D eigenvalue weighted by Gasteiger charge is 2.33. The molecule has 0 saturated heterocycles. The predicted molar refractivity (Wildman–Crippen MR) is 183 cm³/mol. The van der Waals surface area contributed by atoms with Crippen molar-refractivity contribution in [3.05, 3.63) is 82.4 Å². The number of hydrogen-bond acceptors (Lipinski definition) is 8. The van der Waals surface area contributed by atoms with Crippen molar-refractivity contribution >= 4 is 34.9 Å². The van der Waals surface area contributed by atoms with Crippen molar-refractivity contribution in [3.63, 3.8) is 0 Å². The van der Waals surface area contributed by atoms with Gasteiger partial charge in [0.2, 0.25) is 0 Å². The number of carbonyl (C=O) groups excluding carboxylic acids is 2. The van der Waals surface area contributed by atoms with Crippen LogP contribution in [0, 0.1) is 5.41 Å². The molecule has 0 aliphatic heterocycles. The number of anilines is 1.